The zero-order chi connectivity index (χ0) is 34.4. The van der Waals surface area contributed by atoms with Crippen LogP contribution in [0, 0.1) is 13.8 Å². The van der Waals surface area contributed by atoms with Gasteiger partial charge < -0.3 is 20.1 Å². The molecule has 0 saturated heterocycles. The summed E-state index contributed by atoms with van der Waals surface area (Å²) < 4.78 is 12.2. The number of ether oxygens (including phenoxy) is 2. The highest BCUT2D eigenvalue weighted by Crippen LogP contribution is 2.35. The lowest BCUT2D eigenvalue weighted by molar-refractivity contribution is 0.101. The Hall–Kier alpha value is -6.14. The van der Waals surface area contributed by atoms with E-state index in [-0.39, 0.29) is 17.2 Å². The summed E-state index contributed by atoms with van der Waals surface area (Å²) in [5.74, 6) is 2.51. The Morgan fingerprint density at radius 2 is 0.796 bits per heavy atom. The van der Waals surface area contributed by atoms with Gasteiger partial charge in [0.2, 0.25) is 0 Å². The summed E-state index contributed by atoms with van der Waals surface area (Å²) in [6.07, 6.45) is 0. The van der Waals surface area contributed by atoms with E-state index in [1.807, 2.05) is 123 Å². The van der Waals surface area contributed by atoms with Gasteiger partial charge in [-0.2, -0.15) is 0 Å². The number of carbonyl (C=O) groups is 2. The van der Waals surface area contributed by atoms with Crippen LogP contribution in [-0.4, -0.2) is 11.8 Å². The fourth-order valence-electron chi connectivity index (χ4n) is 5.51. The Kier molecular flexibility index (Phi) is 9.58. The van der Waals surface area contributed by atoms with Crippen molar-refractivity contribution >= 4 is 23.2 Å². The molecule has 244 valence electrons. The monoisotopic (exact) mass is 646 g/mol. The van der Waals surface area contributed by atoms with Crippen molar-refractivity contribution in [1.82, 2.24) is 0 Å². The third kappa shape index (κ3) is 8.24. The third-order valence-electron chi connectivity index (χ3n) is 8.41. The molecular weight excluding hydrogens is 608 g/mol. The van der Waals surface area contributed by atoms with Crippen LogP contribution >= 0.6 is 0 Å². The maximum Gasteiger partial charge on any atom is 0.255 e. The average Bonchev–Trinajstić information content (AvgIpc) is 3.10. The van der Waals surface area contributed by atoms with Crippen molar-refractivity contribution in [3.05, 3.63) is 179 Å². The quantitative estimate of drug-likeness (QED) is 0.155. The second-order valence-corrected chi connectivity index (χ2v) is 12.6. The Morgan fingerprint density at radius 3 is 1.12 bits per heavy atom. The summed E-state index contributed by atoms with van der Waals surface area (Å²) in [5, 5.41) is 5.86. The fraction of sp³-hybridized carbons (Fsp3) is 0.116. The number of aryl methyl sites for hydroxylation is 2. The molecule has 0 fully saturated rings. The highest BCUT2D eigenvalue weighted by molar-refractivity contribution is 6.05. The molecule has 0 unspecified atom stereocenters. The molecule has 6 aromatic carbocycles. The van der Waals surface area contributed by atoms with E-state index in [9.17, 15) is 9.59 Å². The van der Waals surface area contributed by atoms with Crippen LogP contribution in [0.1, 0.15) is 56.8 Å². The van der Waals surface area contributed by atoms with E-state index >= 15 is 0 Å². The summed E-state index contributed by atoms with van der Waals surface area (Å²) in [6, 6.07) is 45.9. The van der Waals surface area contributed by atoms with E-state index in [2.05, 4.69) is 48.7 Å². The lowest BCUT2D eigenvalue weighted by Gasteiger charge is -2.26. The molecule has 2 N–H and O–H groups in total. The normalized spacial score (nSPS) is 11.0. The van der Waals surface area contributed by atoms with Crippen molar-refractivity contribution in [3.8, 4) is 23.0 Å². The van der Waals surface area contributed by atoms with Gasteiger partial charge in [0.1, 0.15) is 23.0 Å². The largest absolute Gasteiger partial charge is 0.457 e. The standard InChI is InChI=1S/C43H38N2O4/c1-29-7-5-9-31(27-29)41(46)44-35-15-23-39(24-16-35)48-37-19-11-33(12-20-37)43(3,4)34-13-21-38(22-14-34)49-40-25-17-36(18-26-40)45-42(47)32-10-6-8-30(2)28-32/h5-28H,1-4H3,(H,44,46)(H,45,47). The van der Waals surface area contributed by atoms with E-state index in [1.165, 1.54) is 0 Å². The summed E-state index contributed by atoms with van der Waals surface area (Å²) >= 11 is 0. The van der Waals surface area contributed by atoms with Gasteiger partial charge in [-0.15, -0.1) is 0 Å². The van der Waals surface area contributed by atoms with Gasteiger partial charge in [0, 0.05) is 27.9 Å². The van der Waals surface area contributed by atoms with Crippen molar-refractivity contribution in [2.45, 2.75) is 33.1 Å². The minimum absolute atomic E-state index is 0.148. The number of benzene rings is 6. The second-order valence-electron chi connectivity index (χ2n) is 12.6. The van der Waals surface area contributed by atoms with Crippen LogP contribution in [0.2, 0.25) is 0 Å². The zero-order valence-electron chi connectivity index (χ0n) is 28.0. The highest BCUT2D eigenvalue weighted by atomic mass is 16.5. The summed E-state index contributed by atoms with van der Waals surface area (Å²) in [5.41, 5.74) is 6.75. The molecule has 2 amide bonds. The smallest absolute Gasteiger partial charge is 0.255 e. The minimum atomic E-state index is -0.259. The molecule has 0 aliphatic heterocycles. The predicted molar refractivity (Wildman–Crippen MR) is 196 cm³/mol. The number of anilines is 2. The van der Waals surface area contributed by atoms with Gasteiger partial charge in [0.15, 0.2) is 0 Å². The topological polar surface area (TPSA) is 76.7 Å². The van der Waals surface area contributed by atoms with E-state index in [4.69, 9.17) is 9.47 Å². The molecule has 0 saturated carbocycles. The Balaban J connectivity index is 1.03. The van der Waals surface area contributed by atoms with Crippen LogP contribution < -0.4 is 20.1 Å². The van der Waals surface area contributed by atoms with Gasteiger partial charge in [0.25, 0.3) is 11.8 Å². The molecule has 0 radical (unpaired) electrons. The molecule has 0 aliphatic rings. The average molecular weight is 647 g/mol. The summed E-state index contributed by atoms with van der Waals surface area (Å²) in [4.78, 5) is 25.1. The van der Waals surface area contributed by atoms with Gasteiger partial charge in [-0.3, -0.25) is 9.59 Å². The van der Waals surface area contributed by atoms with Crippen LogP contribution in [0.4, 0.5) is 11.4 Å². The van der Waals surface area contributed by atoms with Gasteiger partial charge in [0.05, 0.1) is 0 Å². The van der Waals surface area contributed by atoms with Gasteiger partial charge in [-0.25, -0.2) is 0 Å². The van der Waals surface area contributed by atoms with Crippen molar-refractivity contribution in [1.29, 1.82) is 0 Å². The summed E-state index contributed by atoms with van der Waals surface area (Å²) in [6.45, 7) is 8.30. The van der Waals surface area contributed by atoms with E-state index < -0.39 is 0 Å². The molecule has 0 spiro atoms. The minimum Gasteiger partial charge on any atom is -0.457 e. The molecule has 0 aliphatic carbocycles. The first kappa shape index (κ1) is 32.8. The van der Waals surface area contributed by atoms with E-state index in [0.717, 1.165) is 33.8 Å². The number of amides is 2. The first-order valence-corrected chi connectivity index (χ1v) is 16.2. The summed E-state index contributed by atoms with van der Waals surface area (Å²) in [7, 11) is 0. The molecule has 0 heterocycles. The number of hydrogen-bond acceptors (Lipinski definition) is 4. The molecule has 49 heavy (non-hydrogen) atoms. The molecule has 0 bridgehead atoms. The van der Waals surface area contributed by atoms with Crippen LogP contribution in [0.15, 0.2) is 146 Å². The maximum absolute atomic E-state index is 12.6. The third-order valence-corrected chi connectivity index (χ3v) is 8.41. The van der Waals surface area contributed by atoms with Crippen LogP contribution in [0.5, 0.6) is 23.0 Å². The van der Waals surface area contributed by atoms with Crippen LogP contribution in [0.25, 0.3) is 0 Å². The lowest BCUT2D eigenvalue weighted by atomic mass is 9.78. The molecule has 6 nitrogen and oxygen atoms in total. The predicted octanol–water partition coefficient (Wildman–Crippen LogP) is 10.7. The van der Waals surface area contributed by atoms with Gasteiger partial charge >= 0.3 is 0 Å². The SMILES string of the molecule is Cc1cccc(C(=O)Nc2ccc(Oc3ccc(C(C)(C)c4ccc(Oc5ccc(NC(=O)c6cccc(C)c6)cc5)cc4)cc3)cc2)c1. The molecule has 6 aromatic rings. The van der Waals surface area contributed by atoms with Crippen molar-refractivity contribution in [2.24, 2.45) is 0 Å². The number of nitrogens with one attached hydrogen (secondary N) is 2. The van der Waals surface area contributed by atoms with Crippen LogP contribution in [-0.2, 0) is 5.41 Å². The maximum atomic E-state index is 12.6. The lowest BCUT2D eigenvalue weighted by Crippen LogP contribution is -2.18. The molecule has 0 aromatic heterocycles. The van der Waals surface area contributed by atoms with Crippen molar-refractivity contribution in [2.75, 3.05) is 10.6 Å². The van der Waals surface area contributed by atoms with Gasteiger partial charge in [-0.1, -0.05) is 73.5 Å². The Morgan fingerprint density at radius 1 is 0.469 bits per heavy atom. The fourth-order valence-corrected chi connectivity index (χ4v) is 5.51. The Labute approximate surface area is 287 Å². The van der Waals surface area contributed by atoms with Crippen LogP contribution in [0.3, 0.4) is 0 Å². The Bertz CT molecular complexity index is 1920. The first-order chi connectivity index (χ1) is 23.6. The number of hydrogen-bond donors (Lipinski definition) is 2. The zero-order valence-corrected chi connectivity index (χ0v) is 28.0. The highest BCUT2D eigenvalue weighted by Gasteiger charge is 2.23. The molecule has 0 atom stereocenters. The van der Waals surface area contributed by atoms with Gasteiger partial charge in [-0.05, 0) is 122 Å². The van der Waals surface area contributed by atoms with E-state index in [0.29, 0.717) is 34.0 Å². The van der Waals surface area contributed by atoms with Crippen molar-refractivity contribution in [3.63, 3.8) is 0 Å². The number of rotatable bonds is 10. The molecular formula is C43H38N2O4. The van der Waals surface area contributed by atoms with Crippen molar-refractivity contribution < 1.29 is 19.1 Å². The first-order valence-electron chi connectivity index (χ1n) is 16.2. The number of carbonyl (C=O) groups excluding carboxylic acids is 2. The molecule has 6 heteroatoms. The second kappa shape index (κ2) is 14.3. The molecule has 6 rings (SSSR count). The van der Waals surface area contributed by atoms with E-state index in [1.54, 1.807) is 12.1 Å².